The summed E-state index contributed by atoms with van der Waals surface area (Å²) in [5, 5.41) is 0. The number of likely N-dealkylation sites (tertiary alicyclic amines) is 1. The van der Waals surface area contributed by atoms with Gasteiger partial charge in [0.2, 0.25) is 5.91 Å². The molecule has 5 heteroatoms. The molecular weight excluding hydrogens is 280 g/mol. The van der Waals surface area contributed by atoms with Crippen molar-refractivity contribution in [3.8, 4) is 0 Å². The number of morpholine rings is 1. The van der Waals surface area contributed by atoms with Crippen LogP contribution in [-0.2, 0) is 14.3 Å². The van der Waals surface area contributed by atoms with Gasteiger partial charge in [0.05, 0.1) is 24.9 Å². The van der Waals surface area contributed by atoms with Crippen LogP contribution in [0.4, 0.5) is 0 Å². The quantitative estimate of drug-likeness (QED) is 0.795. The van der Waals surface area contributed by atoms with E-state index in [1.165, 1.54) is 0 Å². The predicted octanol–water partition coefficient (Wildman–Crippen LogP) is 1.65. The molecule has 0 aromatic carbocycles. The van der Waals surface area contributed by atoms with E-state index < -0.39 is 0 Å². The van der Waals surface area contributed by atoms with Crippen LogP contribution in [0.15, 0.2) is 0 Å². The number of hydrogen-bond donors (Lipinski definition) is 0. The van der Waals surface area contributed by atoms with Crippen LogP contribution in [0.2, 0.25) is 0 Å². The number of methoxy groups -OCH3 is 1. The number of piperidine rings is 1. The van der Waals surface area contributed by atoms with Gasteiger partial charge in [0.1, 0.15) is 0 Å². The average molecular weight is 310 g/mol. The minimum atomic E-state index is 0.0446. The van der Waals surface area contributed by atoms with Crippen molar-refractivity contribution in [3.63, 3.8) is 0 Å². The van der Waals surface area contributed by atoms with Gasteiger partial charge in [-0.2, -0.15) is 0 Å². The molecule has 0 bridgehead atoms. The van der Waals surface area contributed by atoms with E-state index in [1.54, 1.807) is 7.11 Å². The Bertz CT molecular complexity index is 401. The van der Waals surface area contributed by atoms with E-state index in [4.69, 9.17) is 9.47 Å². The van der Waals surface area contributed by atoms with Gasteiger partial charge in [0.15, 0.2) is 0 Å². The maximum Gasteiger partial charge on any atom is 0.240 e. The molecular formula is C17H30N2O3. The number of carbonyl (C=O) groups is 1. The van der Waals surface area contributed by atoms with Gasteiger partial charge in [-0.3, -0.25) is 9.69 Å². The summed E-state index contributed by atoms with van der Waals surface area (Å²) in [4.78, 5) is 17.4. The van der Waals surface area contributed by atoms with Gasteiger partial charge in [-0.25, -0.2) is 0 Å². The number of rotatable bonds is 3. The van der Waals surface area contributed by atoms with Gasteiger partial charge >= 0.3 is 0 Å². The molecule has 22 heavy (non-hydrogen) atoms. The number of ether oxygens (including phenoxy) is 2. The molecule has 0 radical (unpaired) electrons. The standard InChI is InChI=1S/C17H30N2O3/c1-12(2)18-8-4-5-14(17(18)20)19-9-10-22-16-7-6-13(21-3)11-15(16)19/h12-16H,4-11H2,1-3H3/t13-,14+,15-,16+/m1/s1. The minimum Gasteiger partial charge on any atom is -0.381 e. The molecule has 2 heterocycles. The molecule has 0 spiro atoms. The lowest BCUT2D eigenvalue weighted by molar-refractivity contribution is -0.158. The Balaban J connectivity index is 1.75. The highest BCUT2D eigenvalue weighted by Crippen LogP contribution is 2.33. The van der Waals surface area contributed by atoms with Gasteiger partial charge < -0.3 is 14.4 Å². The first kappa shape index (κ1) is 16.2. The van der Waals surface area contributed by atoms with Gasteiger partial charge in [0, 0.05) is 32.3 Å². The summed E-state index contributed by atoms with van der Waals surface area (Å²) in [5.41, 5.74) is 0. The monoisotopic (exact) mass is 310 g/mol. The maximum absolute atomic E-state index is 12.9. The molecule has 126 valence electrons. The van der Waals surface area contributed by atoms with Crippen molar-refractivity contribution in [2.24, 2.45) is 0 Å². The average Bonchev–Trinajstić information content (AvgIpc) is 2.54. The van der Waals surface area contributed by atoms with Crippen molar-refractivity contribution in [2.45, 2.75) is 76.3 Å². The molecule has 3 rings (SSSR count). The summed E-state index contributed by atoms with van der Waals surface area (Å²) in [6.07, 6.45) is 5.80. The topological polar surface area (TPSA) is 42.0 Å². The van der Waals surface area contributed by atoms with Crippen molar-refractivity contribution in [3.05, 3.63) is 0 Å². The van der Waals surface area contributed by atoms with Crippen LogP contribution in [0.3, 0.4) is 0 Å². The first-order valence-electron chi connectivity index (χ1n) is 8.82. The second-order valence-electron chi connectivity index (χ2n) is 7.17. The zero-order chi connectivity index (χ0) is 15.7. The number of amides is 1. The van der Waals surface area contributed by atoms with Crippen LogP contribution in [0.5, 0.6) is 0 Å². The van der Waals surface area contributed by atoms with Gasteiger partial charge in [-0.05, 0) is 46.0 Å². The fraction of sp³-hybridized carbons (Fsp3) is 0.941. The van der Waals surface area contributed by atoms with Crippen LogP contribution in [-0.4, -0.2) is 72.8 Å². The number of hydrogen-bond acceptors (Lipinski definition) is 4. The molecule has 0 aromatic rings. The second-order valence-corrected chi connectivity index (χ2v) is 7.17. The fourth-order valence-corrected chi connectivity index (χ4v) is 4.40. The van der Waals surface area contributed by atoms with E-state index in [0.29, 0.717) is 24.1 Å². The van der Waals surface area contributed by atoms with Crippen LogP contribution < -0.4 is 0 Å². The van der Waals surface area contributed by atoms with Crippen LogP contribution in [0.1, 0.15) is 46.0 Å². The summed E-state index contributed by atoms with van der Waals surface area (Å²) >= 11 is 0. The Hall–Kier alpha value is -0.650. The highest BCUT2D eigenvalue weighted by Gasteiger charge is 2.44. The van der Waals surface area contributed by atoms with Gasteiger partial charge in [-0.15, -0.1) is 0 Å². The molecule has 5 nitrogen and oxygen atoms in total. The predicted molar refractivity (Wildman–Crippen MR) is 84.8 cm³/mol. The van der Waals surface area contributed by atoms with Gasteiger partial charge in [-0.1, -0.05) is 0 Å². The lowest BCUT2D eigenvalue weighted by Gasteiger charge is -2.50. The van der Waals surface area contributed by atoms with E-state index in [-0.39, 0.29) is 12.1 Å². The summed E-state index contributed by atoms with van der Waals surface area (Å²) in [7, 11) is 1.80. The van der Waals surface area contributed by atoms with E-state index >= 15 is 0 Å². The molecule has 0 aromatic heterocycles. The first-order valence-corrected chi connectivity index (χ1v) is 8.82. The molecule has 0 unspecified atom stereocenters. The molecule has 0 N–H and O–H groups in total. The largest absolute Gasteiger partial charge is 0.381 e. The highest BCUT2D eigenvalue weighted by atomic mass is 16.5. The molecule has 2 saturated heterocycles. The Kier molecular flexibility index (Phi) is 5.05. The lowest BCUT2D eigenvalue weighted by atomic mass is 9.86. The van der Waals surface area contributed by atoms with E-state index in [9.17, 15) is 4.79 Å². The van der Waals surface area contributed by atoms with Crippen LogP contribution >= 0.6 is 0 Å². The summed E-state index contributed by atoms with van der Waals surface area (Å²) in [5.74, 6) is 0.321. The Labute approximate surface area is 133 Å². The Morgan fingerprint density at radius 1 is 1.23 bits per heavy atom. The number of fused-ring (bicyclic) bond motifs is 1. The molecule has 1 aliphatic carbocycles. The summed E-state index contributed by atoms with van der Waals surface area (Å²) < 4.78 is 11.6. The molecule has 4 atom stereocenters. The Morgan fingerprint density at radius 2 is 2.05 bits per heavy atom. The SMILES string of the molecule is CO[C@@H]1CC[C@@H]2OCCN([C@H]3CCCN(C(C)C)C3=O)[C@@H]2C1. The van der Waals surface area contributed by atoms with Crippen molar-refractivity contribution >= 4 is 5.91 Å². The molecule has 1 saturated carbocycles. The molecule has 2 aliphatic heterocycles. The summed E-state index contributed by atoms with van der Waals surface area (Å²) in [6.45, 7) is 6.77. The Morgan fingerprint density at radius 3 is 2.77 bits per heavy atom. The zero-order valence-electron chi connectivity index (χ0n) is 14.2. The van der Waals surface area contributed by atoms with Crippen molar-refractivity contribution < 1.29 is 14.3 Å². The third kappa shape index (κ3) is 3.03. The fourth-order valence-electron chi connectivity index (χ4n) is 4.40. The highest BCUT2D eigenvalue weighted by molar-refractivity contribution is 5.83. The van der Waals surface area contributed by atoms with E-state index in [2.05, 4.69) is 23.6 Å². The normalized spacial score (nSPS) is 37.5. The lowest BCUT2D eigenvalue weighted by Crippen LogP contribution is -2.63. The van der Waals surface area contributed by atoms with Crippen molar-refractivity contribution in [1.82, 2.24) is 9.80 Å². The third-order valence-electron chi connectivity index (χ3n) is 5.62. The minimum absolute atomic E-state index is 0.0446. The zero-order valence-corrected chi connectivity index (χ0v) is 14.2. The number of carbonyl (C=O) groups excluding carboxylic acids is 1. The molecule has 3 aliphatic rings. The molecule has 3 fully saturated rings. The van der Waals surface area contributed by atoms with Crippen molar-refractivity contribution in [1.29, 1.82) is 0 Å². The smallest absolute Gasteiger partial charge is 0.240 e. The van der Waals surface area contributed by atoms with Crippen molar-refractivity contribution in [2.75, 3.05) is 26.8 Å². The summed E-state index contributed by atoms with van der Waals surface area (Å²) in [6, 6.07) is 0.682. The number of nitrogens with zero attached hydrogens (tertiary/aromatic N) is 2. The second kappa shape index (κ2) is 6.85. The third-order valence-corrected chi connectivity index (χ3v) is 5.62. The van der Waals surface area contributed by atoms with Gasteiger partial charge in [0.25, 0.3) is 0 Å². The van der Waals surface area contributed by atoms with E-state index in [0.717, 1.165) is 51.8 Å². The molecule has 1 amide bonds. The van der Waals surface area contributed by atoms with Crippen LogP contribution in [0.25, 0.3) is 0 Å². The maximum atomic E-state index is 12.9. The van der Waals surface area contributed by atoms with E-state index in [1.807, 2.05) is 0 Å². The van der Waals surface area contributed by atoms with Crippen LogP contribution in [0, 0.1) is 0 Å². The first-order chi connectivity index (χ1) is 10.6.